The molecule has 0 aromatic heterocycles. The van der Waals surface area contributed by atoms with E-state index < -0.39 is 0 Å². The van der Waals surface area contributed by atoms with Crippen LogP contribution in [-0.4, -0.2) is 12.1 Å². The number of hydrogen-bond acceptors (Lipinski definition) is 4. The fraction of sp³-hybridized carbons (Fsp3) is 0.333. The highest BCUT2D eigenvalue weighted by Crippen LogP contribution is 2.23. The largest absolute Gasteiger partial charge is 0.382 e. The van der Waals surface area contributed by atoms with Crippen LogP contribution in [0.4, 0.5) is 5.69 Å². The van der Waals surface area contributed by atoms with Gasteiger partial charge in [0.1, 0.15) is 12.1 Å². The van der Waals surface area contributed by atoms with E-state index >= 15 is 0 Å². The average molecular weight is 212 g/mol. The molecular weight excluding hydrogens is 200 g/mol. The van der Waals surface area contributed by atoms with E-state index in [9.17, 15) is 0 Å². The molecule has 0 amide bonds. The van der Waals surface area contributed by atoms with Crippen LogP contribution in [0.3, 0.4) is 0 Å². The van der Waals surface area contributed by atoms with Crippen molar-refractivity contribution in [1.29, 1.82) is 10.5 Å². The van der Waals surface area contributed by atoms with Crippen molar-refractivity contribution in [3.8, 4) is 12.1 Å². The average Bonchev–Trinajstić information content (AvgIpc) is 2.27. The van der Waals surface area contributed by atoms with Crippen molar-refractivity contribution in [2.45, 2.75) is 24.9 Å². The second-order valence-electron chi connectivity index (χ2n) is 4.06. The molecule has 0 radical (unpaired) electrons. The van der Waals surface area contributed by atoms with Gasteiger partial charge in [-0.1, -0.05) is 0 Å². The van der Waals surface area contributed by atoms with Crippen molar-refractivity contribution in [1.82, 2.24) is 0 Å². The Labute approximate surface area is 94.3 Å². The van der Waals surface area contributed by atoms with Gasteiger partial charge in [-0.3, -0.25) is 0 Å². The van der Waals surface area contributed by atoms with Crippen LogP contribution in [0, 0.1) is 22.7 Å². The lowest BCUT2D eigenvalue weighted by Gasteiger charge is -2.33. The Hall–Kier alpha value is -2.04. The maximum atomic E-state index is 8.87. The summed E-state index contributed by atoms with van der Waals surface area (Å²) in [7, 11) is 0. The molecule has 2 rings (SSSR count). The molecule has 3 N–H and O–H groups in total. The first-order valence-corrected chi connectivity index (χ1v) is 5.19. The molecule has 1 aromatic carbocycles. The first-order chi connectivity index (χ1) is 7.72. The van der Waals surface area contributed by atoms with Gasteiger partial charge in [0.15, 0.2) is 0 Å². The van der Waals surface area contributed by atoms with Crippen LogP contribution in [0.2, 0.25) is 0 Å². The minimum atomic E-state index is 0.298. The normalized spacial score (nSPS) is 22.7. The summed E-state index contributed by atoms with van der Waals surface area (Å²) < 4.78 is 0. The zero-order chi connectivity index (χ0) is 11.5. The van der Waals surface area contributed by atoms with E-state index in [1.807, 2.05) is 18.2 Å². The van der Waals surface area contributed by atoms with E-state index in [2.05, 4.69) is 5.32 Å². The number of benzene rings is 1. The van der Waals surface area contributed by atoms with Crippen molar-refractivity contribution in [2.75, 3.05) is 5.32 Å². The van der Waals surface area contributed by atoms with E-state index in [1.165, 1.54) is 0 Å². The van der Waals surface area contributed by atoms with Crippen molar-refractivity contribution in [2.24, 2.45) is 5.73 Å². The van der Waals surface area contributed by atoms with E-state index in [0.717, 1.165) is 18.5 Å². The maximum absolute atomic E-state index is 8.87. The molecule has 80 valence electrons. The second-order valence-corrected chi connectivity index (χ2v) is 4.06. The van der Waals surface area contributed by atoms with E-state index in [1.54, 1.807) is 12.1 Å². The highest BCUT2D eigenvalue weighted by Gasteiger charge is 2.25. The quantitative estimate of drug-likeness (QED) is 0.774. The van der Waals surface area contributed by atoms with Crippen LogP contribution in [0.25, 0.3) is 0 Å². The van der Waals surface area contributed by atoms with Gasteiger partial charge in [-0.2, -0.15) is 10.5 Å². The molecule has 1 aliphatic carbocycles. The van der Waals surface area contributed by atoms with Crippen molar-refractivity contribution < 1.29 is 0 Å². The molecule has 1 saturated carbocycles. The lowest BCUT2D eigenvalue weighted by Crippen LogP contribution is -2.44. The zero-order valence-electron chi connectivity index (χ0n) is 8.77. The lowest BCUT2D eigenvalue weighted by atomic mass is 9.87. The predicted molar refractivity (Wildman–Crippen MR) is 60.5 cm³/mol. The van der Waals surface area contributed by atoms with E-state index in [0.29, 0.717) is 23.2 Å². The summed E-state index contributed by atoms with van der Waals surface area (Å²) in [5.74, 6) is 0. The molecular formula is C12H12N4. The number of nitrogens with one attached hydrogen (secondary N) is 1. The van der Waals surface area contributed by atoms with Crippen LogP contribution in [0.15, 0.2) is 18.2 Å². The number of nitrogens with two attached hydrogens (primary N) is 1. The molecule has 4 heteroatoms. The third-order valence-electron chi connectivity index (χ3n) is 2.81. The van der Waals surface area contributed by atoms with Crippen molar-refractivity contribution in [3.63, 3.8) is 0 Å². The van der Waals surface area contributed by atoms with Gasteiger partial charge in [-0.05, 0) is 31.0 Å². The van der Waals surface area contributed by atoms with Crippen molar-refractivity contribution >= 4 is 5.69 Å². The first-order valence-electron chi connectivity index (χ1n) is 5.19. The summed E-state index contributed by atoms with van der Waals surface area (Å²) in [5, 5.41) is 20.9. The summed E-state index contributed by atoms with van der Waals surface area (Å²) in [6.45, 7) is 0. The van der Waals surface area contributed by atoms with Crippen LogP contribution in [0.5, 0.6) is 0 Å². The summed E-state index contributed by atoms with van der Waals surface area (Å²) >= 11 is 0. The van der Waals surface area contributed by atoms with Crippen LogP contribution < -0.4 is 11.1 Å². The Balaban J connectivity index is 2.12. The van der Waals surface area contributed by atoms with Gasteiger partial charge in [0.2, 0.25) is 0 Å². The summed E-state index contributed by atoms with van der Waals surface area (Å²) in [4.78, 5) is 0. The van der Waals surface area contributed by atoms with Gasteiger partial charge in [0, 0.05) is 17.8 Å². The van der Waals surface area contributed by atoms with E-state index in [-0.39, 0.29) is 0 Å². The monoisotopic (exact) mass is 212 g/mol. The van der Waals surface area contributed by atoms with E-state index in [4.69, 9.17) is 16.3 Å². The molecule has 0 spiro atoms. The molecule has 16 heavy (non-hydrogen) atoms. The molecule has 1 fully saturated rings. The van der Waals surface area contributed by atoms with Crippen LogP contribution >= 0.6 is 0 Å². The number of hydrogen-bond donors (Lipinski definition) is 2. The fourth-order valence-electron chi connectivity index (χ4n) is 1.84. The lowest BCUT2D eigenvalue weighted by molar-refractivity contribution is 0.373. The number of nitriles is 2. The molecule has 0 unspecified atom stereocenters. The van der Waals surface area contributed by atoms with Gasteiger partial charge in [-0.15, -0.1) is 0 Å². The highest BCUT2D eigenvalue weighted by atomic mass is 15.0. The van der Waals surface area contributed by atoms with Crippen LogP contribution in [-0.2, 0) is 0 Å². The summed E-state index contributed by atoms with van der Waals surface area (Å²) in [6, 6.07) is 9.90. The molecule has 0 saturated heterocycles. The van der Waals surface area contributed by atoms with Gasteiger partial charge < -0.3 is 11.1 Å². The van der Waals surface area contributed by atoms with Gasteiger partial charge >= 0.3 is 0 Å². The van der Waals surface area contributed by atoms with Gasteiger partial charge in [-0.25, -0.2) is 0 Å². The Kier molecular flexibility index (Phi) is 2.76. The Morgan fingerprint density at radius 2 is 1.88 bits per heavy atom. The third-order valence-corrected chi connectivity index (χ3v) is 2.81. The number of anilines is 1. The molecule has 4 nitrogen and oxygen atoms in total. The fourth-order valence-corrected chi connectivity index (χ4v) is 1.84. The minimum absolute atomic E-state index is 0.298. The molecule has 1 aromatic rings. The first kappa shape index (κ1) is 10.5. The molecule has 0 bridgehead atoms. The van der Waals surface area contributed by atoms with Gasteiger partial charge in [0.25, 0.3) is 0 Å². The topological polar surface area (TPSA) is 85.6 Å². The molecule has 0 heterocycles. The van der Waals surface area contributed by atoms with Crippen molar-refractivity contribution in [3.05, 3.63) is 29.3 Å². The minimum Gasteiger partial charge on any atom is -0.382 e. The number of nitrogens with zero attached hydrogens (tertiary/aromatic N) is 2. The third kappa shape index (κ3) is 1.98. The van der Waals surface area contributed by atoms with Crippen LogP contribution in [0.1, 0.15) is 24.0 Å². The highest BCUT2D eigenvalue weighted by molar-refractivity contribution is 5.56. The standard InChI is InChI=1S/C12H12N4/c13-6-8-1-2-11(3-9(8)7-14)16-12-4-10(15)5-12/h1-3,10,12,16H,4-5,15H2. The molecule has 0 atom stereocenters. The SMILES string of the molecule is N#Cc1ccc(NC2CC(N)C2)cc1C#N. The molecule has 0 aliphatic heterocycles. The Morgan fingerprint density at radius 1 is 1.19 bits per heavy atom. The number of rotatable bonds is 2. The summed E-state index contributed by atoms with van der Waals surface area (Å²) in [6.07, 6.45) is 1.92. The Bertz CT molecular complexity index is 475. The Morgan fingerprint density at radius 3 is 2.44 bits per heavy atom. The molecule has 1 aliphatic rings. The predicted octanol–water partition coefficient (Wildman–Crippen LogP) is 1.33. The maximum Gasteiger partial charge on any atom is 0.101 e. The second kappa shape index (κ2) is 4.22. The smallest absolute Gasteiger partial charge is 0.101 e. The zero-order valence-corrected chi connectivity index (χ0v) is 8.77. The summed E-state index contributed by atoms with van der Waals surface area (Å²) in [5.41, 5.74) is 7.40. The van der Waals surface area contributed by atoms with Gasteiger partial charge in [0.05, 0.1) is 11.1 Å².